The van der Waals surface area contributed by atoms with Gasteiger partial charge in [0, 0.05) is 11.6 Å². The van der Waals surface area contributed by atoms with Crippen LogP contribution in [0.2, 0.25) is 0 Å². The largest absolute Gasteiger partial charge is 0.449 e. The summed E-state index contributed by atoms with van der Waals surface area (Å²) in [5.41, 5.74) is 2.03. The van der Waals surface area contributed by atoms with Gasteiger partial charge < -0.3 is 4.74 Å². The van der Waals surface area contributed by atoms with Crippen molar-refractivity contribution in [2.75, 3.05) is 6.61 Å². The number of aromatic nitrogens is 1. The van der Waals surface area contributed by atoms with Crippen LogP contribution in [0, 0.1) is 6.92 Å². The van der Waals surface area contributed by atoms with Gasteiger partial charge in [0.05, 0.1) is 12.1 Å². The monoisotopic (exact) mass is 233 g/mol. The molecule has 0 aliphatic heterocycles. The van der Waals surface area contributed by atoms with Gasteiger partial charge in [0.25, 0.3) is 0 Å². The molecule has 0 bridgehead atoms. The van der Waals surface area contributed by atoms with Gasteiger partial charge in [0.15, 0.2) is 0 Å². The molecule has 3 heteroatoms. The highest BCUT2D eigenvalue weighted by Crippen LogP contribution is 2.17. The first kappa shape index (κ1) is 13.3. The molecule has 92 valence electrons. The minimum atomic E-state index is -0.321. The molecule has 0 radical (unpaired) electrons. The topological polar surface area (TPSA) is 31.2 Å². The highest BCUT2D eigenvalue weighted by Gasteiger charge is 2.08. The SMILES string of the molecule is CC.CCOC(=O)n1ccc2ccc(C)cc21. The van der Waals surface area contributed by atoms with Crippen molar-refractivity contribution in [3.05, 3.63) is 36.0 Å². The number of benzene rings is 1. The third kappa shape index (κ3) is 2.87. The predicted molar refractivity (Wildman–Crippen MR) is 70.4 cm³/mol. The first-order valence-corrected chi connectivity index (χ1v) is 5.97. The Bertz CT molecular complexity index is 500. The summed E-state index contributed by atoms with van der Waals surface area (Å²) < 4.78 is 6.49. The molecular formula is C14H19NO2. The number of nitrogens with zero attached hydrogens (tertiary/aromatic N) is 1. The molecular weight excluding hydrogens is 214 g/mol. The van der Waals surface area contributed by atoms with Crippen molar-refractivity contribution in [2.45, 2.75) is 27.7 Å². The van der Waals surface area contributed by atoms with Gasteiger partial charge in [0.1, 0.15) is 0 Å². The Morgan fingerprint density at radius 1 is 1.29 bits per heavy atom. The van der Waals surface area contributed by atoms with Gasteiger partial charge in [-0.3, -0.25) is 4.57 Å². The molecule has 1 aromatic carbocycles. The first-order chi connectivity index (χ1) is 8.22. The lowest BCUT2D eigenvalue weighted by atomic mass is 10.2. The zero-order chi connectivity index (χ0) is 12.8. The molecule has 0 saturated carbocycles. The number of hydrogen-bond acceptors (Lipinski definition) is 2. The molecule has 0 atom stereocenters. The van der Waals surface area contributed by atoms with E-state index in [0.717, 1.165) is 16.5 Å². The summed E-state index contributed by atoms with van der Waals surface area (Å²) in [6, 6.07) is 7.91. The Kier molecular flexibility index (Phi) is 4.76. The van der Waals surface area contributed by atoms with Gasteiger partial charge in [-0.05, 0) is 31.5 Å². The third-order valence-electron chi connectivity index (χ3n) is 2.31. The molecule has 17 heavy (non-hydrogen) atoms. The molecule has 0 N–H and O–H groups in total. The van der Waals surface area contributed by atoms with Crippen molar-refractivity contribution in [3.8, 4) is 0 Å². The van der Waals surface area contributed by atoms with Crippen LogP contribution in [0.1, 0.15) is 26.3 Å². The van der Waals surface area contributed by atoms with Gasteiger partial charge in [-0.1, -0.05) is 26.0 Å². The highest BCUT2D eigenvalue weighted by molar-refractivity contribution is 5.89. The predicted octanol–water partition coefficient (Wildman–Crippen LogP) is 3.98. The molecule has 0 amide bonds. The van der Waals surface area contributed by atoms with Gasteiger partial charge in [0.2, 0.25) is 0 Å². The van der Waals surface area contributed by atoms with E-state index in [1.54, 1.807) is 13.1 Å². The first-order valence-electron chi connectivity index (χ1n) is 5.97. The standard InChI is InChI=1S/C12H13NO2.C2H6/c1-3-15-12(14)13-7-6-10-5-4-9(2)8-11(10)13;1-2/h4-8H,3H2,1-2H3;1-2H3. The highest BCUT2D eigenvalue weighted by atomic mass is 16.5. The maximum atomic E-state index is 11.6. The second kappa shape index (κ2) is 6.09. The van der Waals surface area contributed by atoms with Crippen LogP contribution in [0.15, 0.2) is 30.5 Å². The van der Waals surface area contributed by atoms with Crippen LogP contribution in [-0.2, 0) is 4.74 Å². The minimum Gasteiger partial charge on any atom is -0.449 e. The number of carbonyl (C=O) groups excluding carboxylic acids is 1. The van der Waals surface area contributed by atoms with E-state index in [1.807, 2.05) is 45.0 Å². The van der Waals surface area contributed by atoms with E-state index in [2.05, 4.69) is 0 Å². The molecule has 0 aliphatic rings. The van der Waals surface area contributed by atoms with Crippen molar-refractivity contribution in [3.63, 3.8) is 0 Å². The number of carbonyl (C=O) groups is 1. The summed E-state index contributed by atoms with van der Waals surface area (Å²) in [5.74, 6) is 0. The molecule has 0 fully saturated rings. The normalized spacial score (nSPS) is 9.65. The Morgan fingerprint density at radius 3 is 2.65 bits per heavy atom. The smallest absolute Gasteiger partial charge is 0.418 e. The summed E-state index contributed by atoms with van der Waals surface area (Å²) >= 11 is 0. The van der Waals surface area contributed by atoms with Gasteiger partial charge in [-0.2, -0.15) is 0 Å². The lowest BCUT2D eigenvalue weighted by Gasteiger charge is -2.04. The molecule has 3 nitrogen and oxygen atoms in total. The fourth-order valence-corrected chi connectivity index (χ4v) is 1.59. The van der Waals surface area contributed by atoms with Crippen molar-refractivity contribution in [1.29, 1.82) is 0 Å². The number of ether oxygens (including phenoxy) is 1. The third-order valence-corrected chi connectivity index (χ3v) is 2.31. The van der Waals surface area contributed by atoms with E-state index in [4.69, 9.17) is 4.74 Å². The molecule has 0 unspecified atom stereocenters. The number of hydrogen-bond donors (Lipinski definition) is 0. The Labute approximate surface area is 102 Å². The second-order valence-electron chi connectivity index (χ2n) is 3.45. The van der Waals surface area contributed by atoms with Crippen molar-refractivity contribution >= 4 is 17.0 Å². The fraction of sp³-hybridized carbons (Fsp3) is 0.357. The summed E-state index contributed by atoms with van der Waals surface area (Å²) in [6.07, 6.45) is 1.42. The minimum absolute atomic E-state index is 0.321. The second-order valence-corrected chi connectivity index (χ2v) is 3.45. The van der Waals surface area contributed by atoms with Crippen molar-refractivity contribution < 1.29 is 9.53 Å². The van der Waals surface area contributed by atoms with Crippen molar-refractivity contribution in [2.24, 2.45) is 0 Å². The van der Waals surface area contributed by atoms with E-state index in [1.165, 1.54) is 4.57 Å². The lowest BCUT2D eigenvalue weighted by molar-refractivity contribution is 0.155. The maximum absolute atomic E-state index is 11.6. The number of aryl methyl sites for hydroxylation is 1. The van der Waals surface area contributed by atoms with Crippen LogP contribution < -0.4 is 0 Å². The number of rotatable bonds is 1. The summed E-state index contributed by atoms with van der Waals surface area (Å²) in [7, 11) is 0. The Morgan fingerprint density at radius 2 is 2.00 bits per heavy atom. The van der Waals surface area contributed by atoms with E-state index in [9.17, 15) is 4.79 Å². The molecule has 2 aromatic rings. The molecule has 0 aliphatic carbocycles. The molecule has 2 rings (SSSR count). The van der Waals surface area contributed by atoms with Gasteiger partial charge >= 0.3 is 6.09 Å². The maximum Gasteiger partial charge on any atom is 0.418 e. The summed E-state index contributed by atoms with van der Waals surface area (Å²) in [4.78, 5) is 11.6. The lowest BCUT2D eigenvalue weighted by Crippen LogP contribution is -2.11. The summed E-state index contributed by atoms with van der Waals surface area (Å²) in [6.45, 7) is 8.20. The van der Waals surface area contributed by atoms with Crippen LogP contribution in [0.3, 0.4) is 0 Å². The van der Waals surface area contributed by atoms with E-state index in [0.29, 0.717) is 6.61 Å². The van der Waals surface area contributed by atoms with E-state index in [-0.39, 0.29) is 6.09 Å². The van der Waals surface area contributed by atoms with Crippen LogP contribution in [0.4, 0.5) is 4.79 Å². The van der Waals surface area contributed by atoms with E-state index < -0.39 is 0 Å². The summed E-state index contributed by atoms with van der Waals surface area (Å²) in [5, 5.41) is 1.05. The molecule has 0 saturated heterocycles. The zero-order valence-electron chi connectivity index (χ0n) is 10.9. The zero-order valence-corrected chi connectivity index (χ0v) is 10.9. The average Bonchev–Trinajstić information content (AvgIpc) is 2.75. The van der Waals surface area contributed by atoms with Crippen LogP contribution >= 0.6 is 0 Å². The van der Waals surface area contributed by atoms with Crippen LogP contribution in [0.5, 0.6) is 0 Å². The van der Waals surface area contributed by atoms with Gasteiger partial charge in [-0.25, -0.2) is 4.79 Å². The van der Waals surface area contributed by atoms with Crippen molar-refractivity contribution in [1.82, 2.24) is 4.57 Å². The Balaban J connectivity index is 0.000000686. The van der Waals surface area contributed by atoms with Crippen LogP contribution in [0.25, 0.3) is 10.9 Å². The Hall–Kier alpha value is -1.77. The number of fused-ring (bicyclic) bond motifs is 1. The molecule has 0 spiro atoms. The average molecular weight is 233 g/mol. The molecule has 1 heterocycles. The fourth-order valence-electron chi connectivity index (χ4n) is 1.59. The molecule has 1 aromatic heterocycles. The quantitative estimate of drug-likeness (QED) is 0.746. The van der Waals surface area contributed by atoms with Gasteiger partial charge in [-0.15, -0.1) is 0 Å². The van der Waals surface area contributed by atoms with E-state index >= 15 is 0 Å². The van der Waals surface area contributed by atoms with Crippen LogP contribution in [-0.4, -0.2) is 17.3 Å².